The Morgan fingerprint density at radius 3 is 2.60 bits per heavy atom. The van der Waals surface area contributed by atoms with Gasteiger partial charge < -0.3 is 0 Å². The molecule has 1 atom stereocenters. The predicted octanol–water partition coefficient (Wildman–Crippen LogP) is 3.30. The van der Waals surface area contributed by atoms with E-state index < -0.39 is 0 Å². The van der Waals surface area contributed by atoms with Crippen molar-refractivity contribution in [1.82, 2.24) is 20.1 Å². The summed E-state index contributed by atoms with van der Waals surface area (Å²) in [5.74, 6) is 0. The van der Waals surface area contributed by atoms with Gasteiger partial charge in [0.05, 0.1) is 11.4 Å². The molecule has 0 aromatic carbocycles. The Morgan fingerprint density at radius 1 is 1.30 bits per heavy atom. The Kier molecular flexibility index (Phi) is 4.23. The van der Waals surface area contributed by atoms with Crippen molar-refractivity contribution in [2.24, 2.45) is 0 Å². The molecule has 2 aromatic rings. The van der Waals surface area contributed by atoms with Crippen molar-refractivity contribution in [3.8, 4) is 0 Å². The van der Waals surface area contributed by atoms with E-state index in [-0.39, 0.29) is 11.5 Å². The molecule has 1 N–H and O–H groups in total. The number of hydrogen-bond acceptors (Lipinski definition) is 3. The van der Waals surface area contributed by atoms with Crippen molar-refractivity contribution in [3.05, 3.63) is 47.5 Å². The van der Waals surface area contributed by atoms with Gasteiger partial charge in [0.25, 0.3) is 0 Å². The van der Waals surface area contributed by atoms with Crippen LogP contribution in [0.15, 0.2) is 30.5 Å². The summed E-state index contributed by atoms with van der Waals surface area (Å²) in [5.41, 5.74) is 3.41. The molecule has 0 fully saturated rings. The summed E-state index contributed by atoms with van der Waals surface area (Å²) in [6.45, 7) is 9.53. The fourth-order valence-electron chi connectivity index (χ4n) is 2.08. The van der Waals surface area contributed by atoms with Crippen LogP contribution in [-0.2, 0) is 12.0 Å². The van der Waals surface area contributed by atoms with Gasteiger partial charge in [-0.3, -0.25) is 15.0 Å². The molecule has 0 saturated heterocycles. The first kappa shape index (κ1) is 14.7. The standard InChI is InChI=1S/C16H24N4/c1-12(14-8-6-7-9-17-14)20(5)11-13-10-15(19-18-13)16(2,3)4/h6-10,12H,11H2,1-5H3,(H,18,19)/t12-/m1/s1. The predicted molar refractivity (Wildman–Crippen MR) is 81.4 cm³/mol. The molecule has 4 nitrogen and oxygen atoms in total. The van der Waals surface area contributed by atoms with Crippen LogP contribution in [-0.4, -0.2) is 27.1 Å². The molecule has 0 spiro atoms. The number of hydrogen-bond donors (Lipinski definition) is 1. The molecule has 0 aliphatic heterocycles. The maximum Gasteiger partial charge on any atom is 0.0678 e. The highest BCUT2D eigenvalue weighted by molar-refractivity contribution is 5.16. The third-order valence-corrected chi connectivity index (χ3v) is 3.60. The summed E-state index contributed by atoms with van der Waals surface area (Å²) < 4.78 is 0. The highest BCUT2D eigenvalue weighted by Gasteiger charge is 2.19. The van der Waals surface area contributed by atoms with E-state index in [1.54, 1.807) is 0 Å². The smallest absolute Gasteiger partial charge is 0.0678 e. The average molecular weight is 272 g/mol. The van der Waals surface area contributed by atoms with Crippen LogP contribution < -0.4 is 0 Å². The molecule has 0 aliphatic carbocycles. The summed E-state index contributed by atoms with van der Waals surface area (Å²) in [7, 11) is 2.11. The Balaban J connectivity index is 2.04. The molecule has 0 bridgehead atoms. The summed E-state index contributed by atoms with van der Waals surface area (Å²) in [6.07, 6.45) is 1.84. The van der Waals surface area contributed by atoms with E-state index >= 15 is 0 Å². The summed E-state index contributed by atoms with van der Waals surface area (Å²) in [4.78, 5) is 6.68. The zero-order valence-corrected chi connectivity index (χ0v) is 13.0. The monoisotopic (exact) mass is 272 g/mol. The van der Waals surface area contributed by atoms with Gasteiger partial charge in [0, 0.05) is 29.9 Å². The van der Waals surface area contributed by atoms with Gasteiger partial charge in [-0.15, -0.1) is 0 Å². The highest BCUT2D eigenvalue weighted by Crippen LogP contribution is 2.22. The maximum absolute atomic E-state index is 4.42. The Hall–Kier alpha value is -1.68. The summed E-state index contributed by atoms with van der Waals surface area (Å²) in [6, 6.07) is 8.47. The average Bonchev–Trinajstić information content (AvgIpc) is 2.87. The second-order valence-electron chi connectivity index (χ2n) is 6.37. The van der Waals surface area contributed by atoms with E-state index in [4.69, 9.17) is 0 Å². The summed E-state index contributed by atoms with van der Waals surface area (Å²) in [5, 5.41) is 7.54. The lowest BCUT2D eigenvalue weighted by molar-refractivity contribution is 0.245. The van der Waals surface area contributed by atoms with Crippen molar-refractivity contribution < 1.29 is 0 Å². The molecule has 0 saturated carbocycles. The Labute approximate surface area is 121 Å². The van der Waals surface area contributed by atoms with Crippen LogP contribution >= 0.6 is 0 Å². The summed E-state index contributed by atoms with van der Waals surface area (Å²) >= 11 is 0. The first-order valence-electron chi connectivity index (χ1n) is 7.04. The van der Waals surface area contributed by atoms with E-state index in [0.29, 0.717) is 0 Å². The molecule has 20 heavy (non-hydrogen) atoms. The minimum absolute atomic E-state index is 0.0833. The van der Waals surface area contributed by atoms with Crippen LogP contribution in [0.1, 0.15) is 50.8 Å². The molecule has 0 radical (unpaired) electrons. The fraction of sp³-hybridized carbons (Fsp3) is 0.500. The van der Waals surface area contributed by atoms with Gasteiger partial charge in [-0.25, -0.2) is 0 Å². The second-order valence-corrected chi connectivity index (χ2v) is 6.37. The largest absolute Gasteiger partial charge is 0.292 e. The van der Waals surface area contributed by atoms with Gasteiger partial charge in [0.1, 0.15) is 0 Å². The fourth-order valence-corrected chi connectivity index (χ4v) is 2.08. The lowest BCUT2D eigenvalue weighted by Gasteiger charge is -2.23. The molecule has 2 rings (SSSR count). The van der Waals surface area contributed by atoms with Crippen LogP contribution in [0.4, 0.5) is 0 Å². The van der Waals surface area contributed by atoms with E-state index in [1.807, 2.05) is 18.3 Å². The molecule has 2 aromatic heterocycles. The van der Waals surface area contributed by atoms with Gasteiger partial charge >= 0.3 is 0 Å². The van der Waals surface area contributed by atoms with Gasteiger partial charge in [-0.2, -0.15) is 5.10 Å². The van der Waals surface area contributed by atoms with Crippen LogP contribution in [0.5, 0.6) is 0 Å². The molecule has 0 amide bonds. The first-order valence-corrected chi connectivity index (χ1v) is 7.04. The molecule has 2 heterocycles. The van der Waals surface area contributed by atoms with Crippen molar-refractivity contribution in [2.45, 2.75) is 45.7 Å². The minimum atomic E-state index is 0.0833. The third kappa shape index (κ3) is 3.45. The van der Waals surface area contributed by atoms with E-state index in [0.717, 1.165) is 23.6 Å². The number of pyridine rings is 1. The number of nitrogens with one attached hydrogen (secondary N) is 1. The molecule has 0 unspecified atom stereocenters. The topological polar surface area (TPSA) is 44.8 Å². The van der Waals surface area contributed by atoms with Crippen molar-refractivity contribution in [2.75, 3.05) is 7.05 Å². The number of aromatic nitrogens is 3. The minimum Gasteiger partial charge on any atom is -0.292 e. The van der Waals surface area contributed by atoms with Crippen LogP contribution in [0, 0.1) is 0 Å². The second kappa shape index (κ2) is 5.75. The van der Waals surface area contributed by atoms with E-state index in [2.05, 4.69) is 67.0 Å². The van der Waals surface area contributed by atoms with Crippen molar-refractivity contribution >= 4 is 0 Å². The van der Waals surface area contributed by atoms with Gasteiger partial charge in [-0.05, 0) is 32.2 Å². The third-order valence-electron chi connectivity index (χ3n) is 3.60. The molecule has 0 aliphatic rings. The van der Waals surface area contributed by atoms with Gasteiger partial charge in [-0.1, -0.05) is 26.8 Å². The highest BCUT2D eigenvalue weighted by atomic mass is 15.2. The number of H-pyrrole nitrogens is 1. The number of rotatable bonds is 4. The van der Waals surface area contributed by atoms with E-state index in [9.17, 15) is 0 Å². The van der Waals surface area contributed by atoms with Gasteiger partial charge in [0.2, 0.25) is 0 Å². The van der Waals surface area contributed by atoms with Crippen LogP contribution in [0.3, 0.4) is 0 Å². The normalized spacial score (nSPS) is 13.7. The molecular weight excluding hydrogens is 248 g/mol. The van der Waals surface area contributed by atoms with Crippen molar-refractivity contribution in [3.63, 3.8) is 0 Å². The maximum atomic E-state index is 4.42. The quantitative estimate of drug-likeness (QED) is 0.929. The van der Waals surface area contributed by atoms with Crippen LogP contribution in [0.25, 0.3) is 0 Å². The van der Waals surface area contributed by atoms with Crippen molar-refractivity contribution in [1.29, 1.82) is 0 Å². The van der Waals surface area contributed by atoms with Gasteiger partial charge in [0.15, 0.2) is 0 Å². The zero-order valence-electron chi connectivity index (χ0n) is 13.0. The molecule has 108 valence electrons. The Bertz CT molecular complexity index is 539. The zero-order chi connectivity index (χ0) is 14.8. The lowest BCUT2D eigenvalue weighted by atomic mass is 9.92. The first-order chi connectivity index (χ1) is 9.38. The molecular formula is C16H24N4. The van der Waals surface area contributed by atoms with E-state index in [1.165, 1.54) is 0 Å². The number of aromatic amines is 1. The SMILES string of the molecule is C[C@H](c1ccccn1)N(C)Cc1cc(C(C)(C)C)n[nH]1. The Morgan fingerprint density at radius 2 is 2.05 bits per heavy atom. The lowest BCUT2D eigenvalue weighted by Crippen LogP contribution is -2.22. The molecule has 4 heteroatoms. The number of nitrogens with zero attached hydrogens (tertiary/aromatic N) is 3. The van der Waals surface area contributed by atoms with Crippen LogP contribution in [0.2, 0.25) is 0 Å².